The molecule has 1 amide bonds. The number of amides is 1. The van der Waals surface area contributed by atoms with Crippen molar-refractivity contribution in [2.75, 3.05) is 5.32 Å². The Hall–Kier alpha value is -1.20. The molecule has 7 heteroatoms. The SMILES string of the molecule is Cc1ccc2c(c1)C(O)(P(=O)(OC(C)C)OC(C)C)C(=O)N2. The molecule has 0 saturated heterocycles. The normalized spacial score (nSPS) is 21.4. The van der Waals surface area contributed by atoms with Gasteiger partial charge in [-0.3, -0.25) is 9.36 Å². The van der Waals surface area contributed by atoms with Crippen molar-refractivity contribution in [2.45, 2.75) is 52.2 Å². The Labute approximate surface area is 130 Å². The molecular formula is C15H22NO5P. The highest BCUT2D eigenvalue weighted by atomic mass is 31.2. The summed E-state index contributed by atoms with van der Waals surface area (Å²) < 4.78 is 24.1. The van der Waals surface area contributed by atoms with E-state index in [1.54, 1.807) is 45.9 Å². The first kappa shape index (κ1) is 17.2. The molecule has 0 spiro atoms. The summed E-state index contributed by atoms with van der Waals surface area (Å²) in [5.74, 6) is -0.794. The van der Waals surface area contributed by atoms with Gasteiger partial charge in [-0.25, -0.2) is 0 Å². The van der Waals surface area contributed by atoms with Crippen molar-refractivity contribution in [3.05, 3.63) is 29.3 Å². The van der Waals surface area contributed by atoms with Crippen LogP contribution in [-0.2, 0) is 23.7 Å². The third-order valence-corrected chi connectivity index (χ3v) is 5.85. The molecule has 0 saturated carbocycles. The lowest BCUT2D eigenvalue weighted by atomic mass is 10.1. The topological polar surface area (TPSA) is 84.9 Å². The quantitative estimate of drug-likeness (QED) is 0.812. The number of carbonyl (C=O) groups is 1. The number of aryl methyl sites for hydroxylation is 1. The van der Waals surface area contributed by atoms with E-state index < -0.39 is 31.1 Å². The number of benzene rings is 1. The monoisotopic (exact) mass is 327 g/mol. The van der Waals surface area contributed by atoms with Gasteiger partial charge in [0, 0.05) is 11.3 Å². The summed E-state index contributed by atoms with van der Waals surface area (Å²) in [5, 5.41) is 11.2. The van der Waals surface area contributed by atoms with Gasteiger partial charge >= 0.3 is 7.60 Å². The van der Waals surface area contributed by atoms with Crippen molar-refractivity contribution in [3.63, 3.8) is 0 Å². The number of fused-ring (bicyclic) bond motifs is 1. The number of carbonyl (C=O) groups excluding carboxylic acids is 1. The second-order valence-electron chi connectivity index (χ2n) is 5.98. The van der Waals surface area contributed by atoms with E-state index >= 15 is 0 Å². The van der Waals surface area contributed by atoms with Crippen molar-refractivity contribution >= 4 is 19.2 Å². The fourth-order valence-electron chi connectivity index (χ4n) is 2.39. The highest BCUT2D eigenvalue weighted by molar-refractivity contribution is 7.56. The summed E-state index contributed by atoms with van der Waals surface area (Å²) in [7, 11) is -4.16. The Bertz CT molecular complexity index is 629. The van der Waals surface area contributed by atoms with Crippen LogP contribution in [0.25, 0.3) is 0 Å². The van der Waals surface area contributed by atoms with Crippen molar-refractivity contribution in [3.8, 4) is 0 Å². The van der Waals surface area contributed by atoms with Crippen molar-refractivity contribution in [1.82, 2.24) is 0 Å². The van der Waals surface area contributed by atoms with Crippen molar-refractivity contribution < 1.29 is 23.5 Å². The minimum absolute atomic E-state index is 0.224. The largest absolute Gasteiger partial charge is 0.377 e. The molecule has 1 aromatic rings. The van der Waals surface area contributed by atoms with Gasteiger partial charge in [0.15, 0.2) is 0 Å². The summed E-state index contributed by atoms with van der Waals surface area (Å²) in [5.41, 5.74) is 1.47. The molecule has 2 N–H and O–H groups in total. The van der Waals surface area contributed by atoms with Crippen LogP contribution in [-0.4, -0.2) is 23.2 Å². The molecule has 0 aromatic heterocycles. The smallest absolute Gasteiger partial charge is 0.366 e. The lowest BCUT2D eigenvalue weighted by Crippen LogP contribution is -2.37. The molecule has 0 aliphatic carbocycles. The second kappa shape index (κ2) is 5.78. The average molecular weight is 327 g/mol. The van der Waals surface area contributed by atoms with E-state index in [0.717, 1.165) is 5.56 Å². The zero-order chi connectivity index (χ0) is 16.7. The molecule has 6 nitrogen and oxygen atoms in total. The maximum absolute atomic E-state index is 13.3. The van der Waals surface area contributed by atoms with Gasteiger partial charge in [-0.05, 0) is 46.8 Å². The van der Waals surface area contributed by atoms with E-state index in [-0.39, 0.29) is 5.56 Å². The second-order valence-corrected chi connectivity index (χ2v) is 8.04. The predicted molar refractivity (Wildman–Crippen MR) is 83.8 cm³/mol. The van der Waals surface area contributed by atoms with Crippen LogP contribution in [0, 0.1) is 6.92 Å². The van der Waals surface area contributed by atoms with E-state index in [4.69, 9.17) is 9.05 Å². The lowest BCUT2D eigenvalue weighted by Gasteiger charge is -2.32. The first-order valence-electron chi connectivity index (χ1n) is 7.22. The molecule has 1 aromatic carbocycles. The number of aliphatic hydroxyl groups is 1. The van der Waals surface area contributed by atoms with E-state index in [9.17, 15) is 14.5 Å². The Kier molecular flexibility index (Phi) is 4.51. The molecular weight excluding hydrogens is 305 g/mol. The first-order chi connectivity index (χ1) is 10.1. The van der Waals surface area contributed by atoms with Crippen LogP contribution in [0.4, 0.5) is 5.69 Å². The molecule has 2 rings (SSSR count). The average Bonchev–Trinajstić information content (AvgIpc) is 2.61. The Morgan fingerprint density at radius 2 is 1.73 bits per heavy atom. The van der Waals surface area contributed by atoms with Gasteiger partial charge < -0.3 is 19.5 Å². The predicted octanol–water partition coefficient (Wildman–Crippen LogP) is 3.14. The molecule has 1 unspecified atom stereocenters. The van der Waals surface area contributed by atoms with E-state index in [1.165, 1.54) is 0 Å². The molecule has 1 atom stereocenters. The standard InChI is InChI=1S/C15H22NO5P/c1-9(2)20-22(19,21-10(3)4)15(18)12-8-11(5)6-7-13(12)16-14(15)17/h6-10,18H,1-5H3,(H,16,17). The van der Waals surface area contributed by atoms with Gasteiger partial charge in [-0.2, -0.15) is 0 Å². The van der Waals surface area contributed by atoms with Gasteiger partial charge in [0.2, 0.25) is 0 Å². The van der Waals surface area contributed by atoms with Crippen LogP contribution < -0.4 is 5.32 Å². The number of rotatable bonds is 5. The maximum Gasteiger partial charge on any atom is 0.377 e. The molecule has 1 aliphatic heterocycles. The third-order valence-electron chi connectivity index (χ3n) is 3.21. The Morgan fingerprint density at radius 3 is 2.23 bits per heavy atom. The fourth-order valence-corrected chi connectivity index (χ4v) is 4.64. The van der Waals surface area contributed by atoms with Gasteiger partial charge in [0.25, 0.3) is 11.2 Å². The number of hydrogen-bond donors (Lipinski definition) is 2. The lowest BCUT2D eigenvalue weighted by molar-refractivity contribution is -0.128. The summed E-state index contributed by atoms with van der Waals surface area (Å²) in [4.78, 5) is 12.4. The van der Waals surface area contributed by atoms with E-state index in [0.29, 0.717) is 5.69 Å². The fraction of sp³-hybridized carbons (Fsp3) is 0.533. The van der Waals surface area contributed by atoms with E-state index in [2.05, 4.69) is 5.32 Å². The molecule has 1 heterocycles. The zero-order valence-corrected chi connectivity index (χ0v) is 14.3. The van der Waals surface area contributed by atoms with Gasteiger partial charge in [0.1, 0.15) is 0 Å². The van der Waals surface area contributed by atoms with Gasteiger partial charge in [0.05, 0.1) is 12.2 Å². The summed E-state index contributed by atoms with van der Waals surface area (Å²) in [6, 6.07) is 5.07. The van der Waals surface area contributed by atoms with Crippen molar-refractivity contribution in [1.29, 1.82) is 0 Å². The number of nitrogens with one attached hydrogen (secondary N) is 1. The van der Waals surface area contributed by atoms with Crippen LogP contribution in [0.15, 0.2) is 18.2 Å². The molecule has 0 bridgehead atoms. The van der Waals surface area contributed by atoms with Gasteiger partial charge in [-0.15, -0.1) is 0 Å². The molecule has 22 heavy (non-hydrogen) atoms. The van der Waals surface area contributed by atoms with Crippen LogP contribution in [0.3, 0.4) is 0 Å². The molecule has 0 fully saturated rings. The van der Waals surface area contributed by atoms with Crippen LogP contribution in [0.2, 0.25) is 0 Å². The first-order valence-corrected chi connectivity index (χ1v) is 8.76. The van der Waals surface area contributed by atoms with Crippen molar-refractivity contribution in [2.24, 2.45) is 0 Å². The van der Waals surface area contributed by atoms with Crippen LogP contribution in [0.1, 0.15) is 38.8 Å². The number of anilines is 1. The molecule has 122 valence electrons. The Morgan fingerprint density at radius 1 is 1.18 bits per heavy atom. The van der Waals surface area contributed by atoms with Crippen LogP contribution >= 0.6 is 7.60 Å². The third kappa shape index (κ3) is 2.72. The highest BCUT2D eigenvalue weighted by Gasteiger charge is 2.62. The highest BCUT2D eigenvalue weighted by Crippen LogP contribution is 2.67. The van der Waals surface area contributed by atoms with Gasteiger partial charge in [-0.1, -0.05) is 11.6 Å². The zero-order valence-electron chi connectivity index (χ0n) is 13.4. The summed E-state index contributed by atoms with van der Waals surface area (Å²) >= 11 is 0. The summed E-state index contributed by atoms with van der Waals surface area (Å²) in [6.07, 6.45) is -0.953. The summed E-state index contributed by atoms with van der Waals surface area (Å²) in [6.45, 7) is 8.50. The molecule has 1 aliphatic rings. The van der Waals surface area contributed by atoms with Crippen LogP contribution in [0.5, 0.6) is 0 Å². The minimum Gasteiger partial charge on any atom is -0.366 e. The maximum atomic E-state index is 13.3. The number of hydrogen-bond acceptors (Lipinski definition) is 5. The Balaban J connectivity index is 2.62. The van der Waals surface area contributed by atoms with E-state index in [1.807, 2.05) is 6.92 Å². The molecule has 0 radical (unpaired) electrons. The minimum atomic E-state index is -4.16.